The third-order valence-electron chi connectivity index (χ3n) is 5.74. The maximum atomic E-state index is 12.5. The maximum Gasteiger partial charge on any atom is 0.228 e. The van der Waals surface area contributed by atoms with E-state index in [0.717, 1.165) is 44.3 Å². The van der Waals surface area contributed by atoms with Crippen LogP contribution in [0.25, 0.3) is 44.6 Å². The van der Waals surface area contributed by atoms with Gasteiger partial charge >= 0.3 is 0 Å². The lowest BCUT2D eigenvalue weighted by Crippen LogP contribution is -2.14. The summed E-state index contributed by atoms with van der Waals surface area (Å²) < 4.78 is 0. The van der Waals surface area contributed by atoms with Crippen LogP contribution in [-0.2, 0) is 11.2 Å². The highest BCUT2D eigenvalue weighted by atomic mass is 16.1. The van der Waals surface area contributed by atoms with Crippen molar-refractivity contribution in [1.29, 1.82) is 0 Å². The summed E-state index contributed by atoms with van der Waals surface area (Å²) in [4.78, 5) is 24.9. The van der Waals surface area contributed by atoms with Crippen molar-refractivity contribution in [2.45, 2.75) is 6.42 Å². The molecule has 3 aromatic carbocycles. The highest BCUT2D eigenvalue weighted by Crippen LogP contribution is 2.30. The van der Waals surface area contributed by atoms with Crippen LogP contribution in [0.4, 0.5) is 5.69 Å². The molecule has 0 bridgehead atoms. The second-order valence-corrected chi connectivity index (χ2v) is 8.11. The van der Waals surface area contributed by atoms with Gasteiger partial charge in [0.05, 0.1) is 34.9 Å². The lowest BCUT2D eigenvalue weighted by Gasteiger charge is -2.08. The number of nitrogens with zero attached hydrogens (tertiary/aromatic N) is 3. The monoisotopic (exact) mass is 444 g/mol. The summed E-state index contributed by atoms with van der Waals surface area (Å²) in [6.45, 7) is 0. The van der Waals surface area contributed by atoms with Gasteiger partial charge in [-0.1, -0.05) is 48.5 Å². The number of hydrogen-bond donors (Lipinski definition) is 3. The molecule has 0 aliphatic rings. The normalized spacial score (nSPS) is 11.2. The molecule has 1 amide bonds. The molecule has 3 heterocycles. The van der Waals surface area contributed by atoms with Crippen molar-refractivity contribution in [3.63, 3.8) is 0 Å². The van der Waals surface area contributed by atoms with Crippen LogP contribution in [0.5, 0.6) is 0 Å². The van der Waals surface area contributed by atoms with Gasteiger partial charge in [0.1, 0.15) is 5.69 Å². The predicted octanol–water partition coefficient (Wildman–Crippen LogP) is 5.35. The minimum absolute atomic E-state index is 0.0809. The van der Waals surface area contributed by atoms with E-state index in [2.05, 4.69) is 31.5 Å². The van der Waals surface area contributed by atoms with Gasteiger partial charge in [0, 0.05) is 17.1 Å². The number of nitrogens with one attached hydrogen (secondary N) is 3. The predicted molar refractivity (Wildman–Crippen MR) is 133 cm³/mol. The van der Waals surface area contributed by atoms with Crippen molar-refractivity contribution < 1.29 is 4.79 Å². The Morgan fingerprint density at radius 3 is 2.59 bits per heavy atom. The van der Waals surface area contributed by atoms with Gasteiger partial charge in [-0.05, 0) is 41.5 Å². The molecule has 7 heteroatoms. The van der Waals surface area contributed by atoms with E-state index in [0.29, 0.717) is 17.9 Å². The minimum Gasteiger partial charge on any atom is -0.337 e. The van der Waals surface area contributed by atoms with E-state index in [1.54, 1.807) is 12.4 Å². The molecule has 7 nitrogen and oxygen atoms in total. The number of pyridine rings is 1. The Hall–Kier alpha value is -4.78. The van der Waals surface area contributed by atoms with Crippen LogP contribution in [-0.4, -0.2) is 31.1 Å². The van der Waals surface area contributed by atoms with Gasteiger partial charge in [-0.3, -0.25) is 14.9 Å². The fourth-order valence-electron chi connectivity index (χ4n) is 4.09. The van der Waals surface area contributed by atoms with Crippen molar-refractivity contribution in [3.8, 4) is 22.6 Å². The number of carbonyl (C=O) groups is 1. The third-order valence-corrected chi connectivity index (χ3v) is 5.74. The van der Waals surface area contributed by atoms with Crippen LogP contribution in [0.2, 0.25) is 0 Å². The molecule has 0 saturated carbocycles. The van der Waals surface area contributed by atoms with Gasteiger partial charge in [-0.2, -0.15) is 5.10 Å². The van der Waals surface area contributed by atoms with Gasteiger partial charge < -0.3 is 10.3 Å². The molecule has 6 aromatic rings. The van der Waals surface area contributed by atoms with E-state index in [1.165, 1.54) is 0 Å². The highest BCUT2D eigenvalue weighted by Gasteiger charge is 2.14. The Labute approximate surface area is 194 Å². The summed E-state index contributed by atoms with van der Waals surface area (Å²) in [5.41, 5.74) is 7.03. The number of para-hydroxylation sites is 2. The first-order valence-electron chi connectivity index (χ1n) is 11.0. The van der Waals surface area contributed by atoms with E-state index < -0.39 is 0 Å². The topological polar surface area (TPSA) is 99.3 Å². The second kappa shape index (κ2) is 8.29. The standard InChI is InChI=1S/C27H20N6O/c34-25(12-17-6-2-1-3-7-17)29-20-13-19(15-28-16-20)18-10-11-22-21(14-18)26(33-32-22)27-30-23-8-4-5-9-24(23)31-27/h1-11,13-16H,12H2,(H,29,34)(H,30,31)(H,32,33). The molecule has 0 saturated heterocycles. The maximum absolute atomic E-state index is 12.5. The Kier molecular flexibility index (Phi) is 4.85. The number of hydrogen-bond acceptors (Lipinski definition) is 4. The van der Waals surface area contributed by atoms with E-state index in [4.69, 9.17) is 4.98 Å². The highest BCUT2D eigenvalue weighted by molar-refractivity contribution is 5.96. The van der Waals surface area contributed by atoms with Crippen molar-refractivity contribution >= 4 is 33.5 Å². The van der Waals surface area contributed by atoms with E-state index in [1.807, 2.05) is 72.8 Å². The second-order valence-electron chi connectivity index (χ2n) is 8.11. The fraction of sp³-hybridized carbons (Fsp3) is 0.0370. The number of benzene rings is 3. The number of amides is 1. The van der Waals surface area contributed by atoms with Crippen LogP contribution in [0.15, 0.2) is 91.3 Å². The first-order chi connectivity index (χ1) is 16.7. The number of aromatic amines is 2. The summed E-state index contributed by atoms with van der Waals surface area (Å²) >= 11 is 0. The average molecular weight is 444 g/mol. The van der Waals surface area contributed by atoms with Crippen LogP contribution in [0.3, 0.4) is 0 Å². The minimum atomic E-state index is -0.0809. The van der Waals surface area contributed by atoms with Crippen LogP contribution in [0, 0.1) is 0 Å². The molecule has 0 radical (unpaired) electrons. The lowest BCUT2D eigenvalue weighted by molar-refractivity contribution is -0.115. The molecule has 3 aromatic heterocycles. The molecule has 0 aliphatic heterocycles. The van der Waals surface area contributed by atoms with E-state index in [-0.39, 0.29) is 5.91 Å². The fourth-order valence-corrected chi connectivity index (χ4v) is 4.09. The van der Waals surface area contributed by atoms with Crippen molar-refractivity contribution in [2.24, 2.45) is 0 Å². The van der Waals surface area contributed by atoms with Crippen molar-refractivity contribution in [1.82, 2.24) is 25.1 Å². The summed E-state index contributed by atoms with van der Waals surface area (Å²) in [7, 11) is 0. The first kappa shape index (κ1) is 19.9. The molecule has 0 spiro atoms. The Balaban J connectivity index is 1.30. The molecular weight excluding hydrogens is 424 g/mol. The molecule has 6 rings (SSSR count). The van der Waals surface area contributed by atoms with Crippen molar-refractivity contribution in [3.05, 3.63) is 96.8 Å². The number of carbonyl (C=O) groups excluding carboxylic acids is 1. The lowest BCUT2D eigenvalue weighted by atomic mass is 10.0. The molecule has 0 unspecified atom stereocenters. The number of H-pyrrole nitrogens is 2. The van der Waals surface area contributed by atoms with Gasteiger partial charge in [0.15, 0.2) is 5.82 Å². The van der Waals surface area contributed by atoms with Gasteiger partial charge in [-0.25, -0.2) is 4.98 Å². The third kappa shape index (κ3) is 3.80. The molecule has 164 valence electrons. The zero-order chi connectivity index (χ0) is 22.9. The Morgan fingerprint density at radius 1 is 0.853 bits per heavy atom. The zero-order valence-corrected chi connectivity index (χ0v) is 18.1. The first-order valence-corrected chi connectivity index (χ1v) is 11.0. The SMILES string of the molecule is O=C(Cc1ccccc1)Nc1cncc(-c2ccc3[nH]nc(-c4nc5ccccc5[nH]4)c3c2)c1. The van der Waals surface area contributed by atoms with Crippen molar-refractivity contribution in [2.75, 3.05) is 5.32 Å². The van der Waals surface area contributed by atoms with Gasteiger partial charge in [0.2, 0.25) is 5.91 Å². The molecule has 0 atom stereocenters. The van der Waals surface area contributed by atoms with E-state index >= 15 is 0 Å². The van der Waals surface area contributed by atoms with Crippen LogP contribution < -0.4 is 5.32 Å². The van der Waals surface area contributed by atoms with E-state index in [9.17, 15) is 4.79 Å². The molecular formula is C27H20N6O. The van der Waals surface area contributed by atoms with Crippen LogP contribution >= 0.6 is 0 Å². The summed E-state index contributed by atoms with van der Waals surface area (Å²) in [6.07, 6.45) is 3.75. The number of anilines is 1. The molecule has 0 fully saturated rings. The number of rotatable bonds is 5. The van der Waals surface area contributed by atoms with Crippen LogP contribution in [0.1, 0.15) is 5.56 Å². The largest absolute Gasteiger partial charge is 0.337 e. The Morgan fingerprint density at radius 2 is 1.71 bits per heavy atom. The smallest absolute Gasteiger partial charge is 0.228 e. The molecule has 0 aliphatic carbocycles. The molecule has 34 heavy (non-hydrogen) atoms. The summed E-state index contributed by atoms with van der Waals surface area (Å²) in [5.74, 6) is 0.632. The molecule has 3 N–H and O–H groups in total. The quantitative estimate of drug-likeness (QED) is 0.334. The van der Waals surface area contributed by atoms with Gasteiger partial charge in [-0.15, -0.1) is 0 Å². The summed E-state index contributed by atoms with van der Waals surface area (Å²) in [5, 5.41) is 11.5. The summed E-state index contributed by atoms with van der Waals surface area (Å²) in [6, 6.07) is 25.6. The average Bonchev–Trinajstić information content (AvgIpc) is 3.48. The Bertz CT molecular complexity index is 1600. The number of fused-ring (bicyclic) bond motifs is 2. The number of imidazole rings is 1. The van der Waals surface area contributed by atoms with Gasteiger partial charge in [0.25, 0.3) is 0 Å². The zero-order valence-electron chi connectivity index (χ0n) is 18.1. The number of aromatic nitrogens is 5.